The van der Waals surface area contributed by atoms with Crippen LogP contribution in [0.1, 0.15) is 33.1 Å². The molecule has 1 aliphatic heterocycles. The van der Waals surface area contributed by atoms with E-state index in [1.54, 1.807) is 0 Å². The van der Waals surface area contributed by atoms with Crippen molar-refractivity contribution in [2.24, 2.45) is 5.41 Å². The Morgan fingerprint density at radius 1 is 1.47 bits per heavy atom. The van der Waals surface area contributed by atoms with Gasteiger partial charge in [-0.15, -0.1) is 12.4 Å². The normalized spacial score (nSPS) is 31.6. The number of carbonyl (C=O) groups excluding carboxylic acids is 1. The number of carbonyl (C=O) groups is 1. The van der Waals surface area contributed by atoms with E-state index in [0.717, 1.165) is 13.0 Å². The first-order valence-electron chi connectivity index (χ1n) is 6.22. The summed E-state index contributed by atoms with van der Waals surface area (Å²) in [7, 11) is 0. The minimum atomic E-state index is -0.301. The molecule has 5 heteroatoms. The minimum absolute atomic E-state index is 0. The number of ether oxygens (including phenoxy) is 1. The van der Waals surface area contributed by atoms with E-state index < -0.39 is 0 Å². The summed E-state index contributed by atoms with van der Waals surface area (Å²) in [4.78, 5) is 12.0. The highest BCUT2D eigenvalue weighted by atomic mass is 35.5. The fourth-order valence-corrected chi connectivity index (χ4v) is 2.59. The molecule has 0 aromatic heterocycles. The van der Waals surface area contributed by atoms with Crippen LogP contribution in [0.2, 0.25) is 0 Å². The van der Waals surface area contributed by atoms with E-state index in [1.807, 2.05) is 0 Å². The molecule has 1 aliphatic carbocycles. The minimum Gasteiger partial charge on any atom is -0.366 e. The van der Waals surface area contributed by atoms with Crippen LogP contribution in [0.25, 0.3) is 0 Å². The molecule has 1 amide bonds. The van der Waals surface area contributed by atoms with Crippen molar-refractivity contribution in [2.45, 2.75) is 45.3 Å². The van der Waals surface area contributed by atoms with Gasteiger partial charge < -0.3 is 15.4 Å². The molecule has 4 nitrogen and oxygen atoms in total. The third-order valence-corrected chi connectivity index (χ3v) is 3.79. The van der Waals surface area contributed by atoms with Crippen LogP contribution < -0.4 is 10.6 Å². The fourth-order valence-electron chi connectivity index (χ4n) is 2.59. The van der Waals surface area contributed by atoms with Crippen molar-refractivity contribution in [3.63, 3.8) is 0 Å². The first kappa shape index (κ1) is 14.7. The van der Waals surface area contributed by atoms with Gasteiger partial charge in [0.15, 0.2) is 0 Å². The summed E-state index contributed by atoms with van der Waals surface area (Å²) >= 11 is 0. The quantitative estimate of drug-likeness (QED) is 0.783. The largest absolute Gasteiger partial charge is 0.366 e. The highest BCUT2D eigenvalue weighted by Gasteiger charge is 2.36. The summed E-state index contributed by atoms with van der Waals surface area (Å²) in [6, 6.07) is 0.311. The van der Waals surface area contributed by atoms with Crippen molar-refractivity contribution in [2.75, 3.05) is 19.7 Å². The lowest BCUT2D eigenvalue weighted by molar-refractivity contribution is -0.135. The summed E-state index contributed by atoms with van der Waals surface area (Å²) in [6.07, 6.45) is 3.20. The monoisotopic (exact) mass is 262 g/mol. The van der Waals surface area contributed by atoms with Gasteiger partial charge in [-0.3, -0.25) is 4.79 Å². The molecule has 2 aliphatic rings. The van der Waals surface area contributed by atoms with Gasteiger partial charge in [-0.25, -0.2) is 0 Å². The molecule has 2 N–H and O–H groups in total. The molecule has 0 bridgehead atoms. The van der Waals surface area contributed by atoms with E-state index in [0.29, 0.717) is 19.2 Å². The zero-order chi connectivity index (χ0) is 11.6. The lowest BCUT2D eigenvalue weighted by Crippen LogP contribution is -2.52. The molecule has 0 aromatic carbocycles. The van der Waals surface area contributed by atoms with Crippen LogP contribution in [-0.4, -0.2) is 37.7 Å². The third-order valence-electron chi connectivity index (χ3n) is 3.79. The van der Waals surface area contributed by atoms with Crippen molar-refractivity contribution in [3.05, 3.63) is 0 Å². The second kappa shape index (κ2) is 6.03. The topological polar surface area (TPSA) is 50.4 Å². The van der Waals surface area contributed by atoms with Crippen LogP contribution in [0.15, 0.2) is 0 Å². The van der Waals surface area contributed by atoms with E-state index in [1.165, 1.54) is 12.8 Å². The van der Waals surface area contributed by atoms with Crippen molar-refractivity contribution < 1.29 is 9.53 Å². The summed E-state index contributed by atoms with van der Waals surface area (Å²) in [5.74, 6) is 0.0483. The van der Waals surface area contributed by atoms with E-state index >= 15 is 0 Å². The Balaban J connectivity index is 0.00000144. The number of hydrogen-bond acceptors (Lipinski definition) is 3. The molecule has 0 aromatic rings. The molecule has 2 atom stereocenters. The van der Waals surface area contributed by atoms with E-state index in [4.69, 9.17) is 4.74 Å². The number of amides is 1. The van der Waals surface area contributed by atoms with Gasteiger partial charge in [-0.05, 0) is 18.3 Å². The van der Waals surface area contributed by atoms with Gasteiger partial charge in [0.05, 0.1) is 6.61 Å². The zero-order valence-electron chi connectivity index (χ0n) is 10.6. The molecule has 100 valence electrons. The highest BCUT2D eigenvalue weighted by molar-refractivity contribution is 5.85. The number of hydrogen-bond donors (Lipinski definition) is 2. The van der Waals surface area contributed by atoms with Crippen LogP contribution >= 0.6 is 12.4 Å². The molecule has 2 fully saturated rings. The zero-order valence-corrected chi connectivity index (χ0v) is 11.4. The predicted molar refractivity (Wildman–Crippen MR) is 69.4 cm³/mol. The van der Waals surface area contributed by atoms with Gasteiger partial charge in [-0.1, -0.05) is 20.3 Å². The Hall–Kier alpha value is -0.320. The van der Waals surface area contributed by atoms with E-state index in [2.05, 4.69) is 24.5 Å². The fraction of sp³-hybridized carbons (Fsp3) is 0.917. The van der Waals surface area contributed by atoms with Crippen LogP contribution in [-0.2, 0) is 9.53 Å². The molecule has 0 spiro atoms. The molecule has 1 saturated carbocycles. The highest BCUT2D eigenvalue weighted by Crippen LogP contribution is 2.37. The number of rotatable bonds is 2. The summed E-state index contributed by atoms with van der Waals surface area (Å²) in [5, 5.41) is 6.31. The van der Waals surface area contributed by atoms with Crippen LogP contribution in [0.4, 0.5) is 0 Å². The Bertz CT molecular complexity index is 265. The van der Waals surface area contributed by atoms with Gasteiger partial charge in [-0.2, -0.15) is 0 Å². The second-order valence-electron chi connectivity index (χ2n) is 5.51. The lowest BCUT2D eigenvalue weighted by atomic mass is 9.87. The standard InChI is InChI=1S/C12H22N2O2.ClH/c1-12(2)5-3-4-10(12)14-11(15)9-8-13-6-7-16-9;/h9-10,13H,3-8H2,1-2H3,(H,14,15);1H. The van der Waals surface area contributed by atoms with Crippen molar-refractivity contribution in [1.29, 1.82) is 0 Å². The molecule has 2 rings (SSSR count). The molecule has 17 heavy (non-hydrogen) atoms. The Morgan fingerprint density at radius 3 is 2.76 bits per heavy atom. The van der Waals surface area contributed by atoms with Crippen LogP contribution in [0.5, 0.6) is 0 Å². The van der Waals surface area contributed by atoms with E-state index in [-0.39, 0.29) is 29.8 Å². The lowest BCUT2D eigenvalue weighted by Gasteiger charge is -2.30. The first-order valence-corrected chi connectivity index (χ1v) is 6.22. The van der Waals surface area contributed by atoms with Crippen LogP contribution in [0.3, 0.4) is 0 Å². The van der Waals surface area contributed by atoms with Crippen molar-refractivity contribution >= 4 is 18.3 Å². The smallest absolute Gasteiger partial charge is 0.250 e. The average Bonchev–Trinajstić information content (AvgIpc) is 2.59. The summed E-state index contributed by atoms with van der Waals surface area (Å²) in [5.41, 5.74) is 0.234. The third kappa shape index (κ3) is 3.57. The summed E-state index contributed by atoms with van der Waals surface area (Å²) < 4.78 is 5.44. The van der Waals surface area contributed by atoms with Gasteiger partial charge in [0.1, 0.15) is 6.10 Å². The maximum atomic E-state index is 12.0. The SMILES string of the molecule is CC1(C)CCCC1NC(=O)C1CNCCO1.Cl. The Labute approximate surface area is 109 Å². The number of nitrogens with one attached hydrogen (secondary N) is 2. The van der Waals surface area contributed by atoms with Gasteiger partial charge in [0.25, 0.3) is 5.91 Å². The Kier molecular flexibility index (Phi) is 5.22. The molecule has 0 radical (unpaired) electrons. The van der Waals surface area contributed by atoms with Crippen molar-refractivity contribution in [1.82, 2.24) is 10.6 Å². The second-order valence-corrected chi connectivity index (χ2v) is 5.51. The Morgan fingerprint density at radius 2 is 2.24 bits per heavy atom. The van der Waals surface area contributed by atoms with Crippen molar-refractivity contribution in [3.8, 4) is 0 Å². The molecule has 1 heterocycles. The van der Waals surface area contributed by atoms with Gasteiger partial charge in [0, 0.05) is 19.1 Å². The number of halogens is 1. The van der Waals surface area contributed by atoms with E-state index in [9.17, 15) is 4.79 Å². The molecule has 2 unspecified atom stereocenters. The first-order chi connectivity index (χ1) is 7.59. The van der Waals surface area contributed by atoms with Gasteiger partial charge >= 0.3 is 0 Å². The molecular formula is C12H23ClN2O2. The predicted octanol–water partition coefficient (Wildman–Crippen LogP) is 1.09. The molecular weight excluding hydrogens is 240 g/mol. The number of morpholine rings is 1. The van der Waals surface area contributed by atoms with Gasteiger partial charge in [0.2, 0.25) is 0 Å². The summed E-state index contributed by atoms with van der Waals surface area (Å²) in [6.45, 7) is 6.57. The maximum absolute atomic E-state index is 12.0. The van der Waals surface area contributed by atoms with Crippen LogP contribution in [0, 0.1) is 5.41 Å². The molecule has 1 saturated heterocycles. The average molecular weight is 263 g/mol. The maximum Gasteiger partial charge on any atom is 0.250 e.